The molecule has 1 rings (SSSR count). The molecule has 0 saturated carbocycles. The van der Waals surface area contributed by atoms with Gasteiger partial charge in [0.25, 0.3) is 0 Å². The Morgan fingerprint density at radius 3 is 2.59 bits per heavy atom. The van der Waals surface area contributed by atoms with Crippen molar-refractivity contribution in [3.05, 3.63) is 53.6 Å². The first-order valence-electron chi connectivity index (χ1n) is 5.64. The Hall–Kier alpha value is -1.64. The molecule has 1 aromatic rings. The van der Waals surface area contributed by atoms with E-state index in [4.69, 9.17) is 0 Å². The number of aryl methyl sites for hydroxylation is 1. The van der Waals surface area contributed by atoms with Crippen molar-refractivity contribution >= 4 is 0 Å². The summed E-state index contributed by atoms with van der Waals surface area (Å²) in [5.74, 6) is -2.26. The Kier molecular flexibility index (Phi) is 5.40. The summed E-state index contributed by atoms with van der Waals surface area (Å²) >= 11 is 0. The predicted molar refractivity (Wildman–Crippen MR) is 64.3 cm³/mol. The number of hydrogen-bond acceptors (Lipinski definition) is 1. The van der Waals surface area contributed by atoms with Gasteiger partial charge in [0.1, 0.15) is 5.82 Å². The van der Waals surface area contributed by atoms with Crippen molar-refractivity contribution < 1.29 is 13.9 Å². The van der Waals surface area contributed by atoms with Gasteiger partial charge in [-0.1, -0.05) is 31.5 Å². The molecule has 0 bridgehead atoms. The van der Waals surface area contributed by atoms with Crippen molar-refractivity contribution in [2.45, 2.75) is 26.2 Å². The van der Waals surface area contributed by atoms with Gasteiger partial charge >= 0.3 is 0 Å². The Bertz CT molecular complexity index is 429. The second kappa shape index (κ2) is 6.84. The van der Waals surface area contributed by atoms with Crippen molar-refractivity contribution in [2.75, 3.05) is 0 Å². The monoisotopic (exact) mass is 238 g/mol. The first-order valence-corrected chi connectivity index (χ1v) is 5.64. The number of unbranched alkanes of at least 4 members (excludes halogenated alkanes) is 1. The lowest BCUT2D eigenvalue weighted by atomic mass is 10.1. The lowest BCUT2D eigenvalue weighted by molar-refractivity contribution is 0.431. The lowest BCUT2D eigenvalue weighted by Crippen LogP contribution is -1.82. The Morgan fingerprint density at radius 1 is 1.12 bits per heavy atom. The fourth-order valence-corrected chi connectivity index (χ4v) is 1.38. The van der Waals surface area contributed by atoms with Gasteiger partial charge in [0.05, 0.1) is 0 Å². The number of hydrogen-bond donors (Lipinski definition) is 1. The molecule has 0 aliphatic heterocycles. The van der Waals surface area contributed by atoms with Gasteiger partial charge in [-0.15, -0.1) is 0 Å². The SMILES string of the molecule is CCCCc1cccc(O)c(F)cc(F)cc1. The summed E-state index contributed by atoms with van der Waals surface area (Å²) in [6.07, 6.45) is 2.89. The molecule has 17 heavy (non-hydrogen) atoms. The molecule has 0 saturated heterocycles. The van der Waals surface area contributed by atoms with Crippen LogP contribution in [0, 0.1) is 11.6 Å². The molecule has 1 nitrogen and oxygen atoms in total. The van der Waals surface area contributed by atoms with Crippen LogP contribution >= 0.6 is 0 Å². The highest BCUT2D eigenvalue weighted by Gasteiger charge is 1.96. The van der Waals surface area contributed by atoms with Gasteiger partial charge in [0, 0.05) is 6.07 Å². The van der Waals surface area contributed by atoms with Gasteiger partial charge in [0.15, 0.2) is 11.6 Å². The van der Waals surface area contributed by atoms with Crippen LogP contribution in [0.25, 0.3) is 0 Å². The third-order valence-electron chi connectivity index (χ3n) is 2.35. The lowest BCUT2D eigenvalue weighted by Gasteiger charge is -1.96. The summed E-state index contributed by atoms with van der Waals surface area (Å²) in [4.78, 5) is 0. The third kappa shape index (κ3) is 4.81. The van der Waals surface area contributed by atoms with Gasteiger partial charge in [-0.05, 0) is 30.5 Å². The van der Waals surface area contributed by atoms with E-state index in [9.17, 15) is 13.9 Å². The van der Waals surface area contributed by atoms with Crippen molar-refractivity contribution in [2.24, 2.45) is 0 Å². The highest BCUT2D eigenvalue weighted by atomic mass is 19.1. The van der Waals surface area contributed by atoms with Crippen molar-refractivity contribution in [1.29, 1.82) is 0 Å². The molecular formula is C14H16F2O. The van der Waals surface area contributed by atoms with E-state index < -0.39 is 17.4 Å². The summed E-state index contributed by atoms with van der Waals surface area (Å²) in [7, 11) is 0. The summed E-state index contributed by atoms with van der Waals surface area (Å²) < 4.78 is 26.3. The molecular weight excluding hydrogens is 222 g/mol. The summed E-state index contributed by atoms with van der Waals surface area (Å²) in [6, 6.07) is 8.01. The van der Waals surface area contributed by atoms with E-state index >= 15 is 0 Å². The number of aromatic hydroxyl groups is 1. The Labute approximate surface area is 100 Å². The molecule has 1 N–H and O–H groups in total. The predicted octanol–water partition coefficient (Wildman–Crippen LogP) is 4.14. The third-order valence-corrected chi connectivity index (χ3v) is 2.35. The molecule has 0 fully saturated rings. The minimum atomic E-state index is -0.978. The second-order valence-corrected chi connectivity index (χ2v) is 3.80. The average molecular weight is 238 g/mol. The number of halogens is 2. The molecule has 0 amide bonds. The standard InChI is InChI=1S/C14H16F2O/c1-2-3-5-11-6-4-7-14(17)13(16)10-12(15)9-8-11/h4,6-10,17H,2-3,5H2,1H3. The van der Waals surface area contributed by atoms with Gasteiger partial charge in [-0.2, -0.15) is 0 Å². The molecule has 1 aromatic carbocycles. The first-order chi connectivity index (χ1) is 8.13. The summed E-state index contributed by atoms with van der Waals surface area (Å²) in [5.41, 5.74) is 0.946. The zero-order valence-corrected chi connectivity index (χ0v) is 9.79. The van der Waals surface area contributed by atoms with E-state index in [2.05, 4.69) is 6.92 Å². The van der Waals surface area contributed by atoms with E-state index in [1.54, 1.807) is 18.2 Å². The topological polar surface area (TPSA) is 20.2 Å². The highest BCUT2D eigenvalue weighted by molar-refractivity contribution is 5.21. The maximum atomic E-state index is 13.2. The normalized spacial score (nSPS) is 9.82. The molecule has 0 aromatic heterocycles. The number of rotatable bonds is 3. The van der Waals surface area contributed by atoms with Crippen LogP contribution in [0.15, 0.2) is 36.4 Å². The molecule has 0 unspecified atom stereocenters. The fourth-order valence-electron chi connectivity index (χ4n) is 1.38. The maximum Gasteiger partial charge on any atom is 0.167 e. The van der Waals surface area contributed by atoms with E-state index in [-0.39, 0.29) is 0 Å². The molecule has 0 radical (unpaired) electrons. The van der Waals surface area contributed by atoms with Crippen molar-refractivity contribution in [3.8, 4) is 5.75 Å². The van der Waals surface area contributed by atoms with Gasteiger partial charge in [-0.3, -0.25) is 0 Å². The quantitative estimate of drug-likeness (QED) is 0.839. The Balaban J connectivity index is 3.18. The van der Waals surface area contributed by atoms with E-state index in [0.717, 1.165) is 24.8 Å². The van der Waals surface area contributed by atoms with Crippen LogP contribution < -0.4 is 0 Å². The zero-order chi connectivity index (χ0) is 12.7. The van der Waals surface area contributed by atoms with Crippen LogP contribution in [-0.2, 0) is 6.42 Å². The van der Waals surface area contributed by atoms with E-state index in [0.29, 0.717) is 6.07 Å². The smallest absolute Gasteiger partial charge is 0.167 e. The van der Waals surface area contributed by atoms with E-state index in [1.807, 2.05) is 0 Å². The minimum absolute atomic E-state index is 0.568. The van der Waals surface area contributed by atoms with Crippen LogP contribution in [0.5, 0.6) is 5.75 Å². The highest BCUT2D eigenvalue weighted by Crippen LogP contribution is 2.12. The molecule has 0 aliphatic rings. The zero-order valence-electron chi connectivity index (χ0n) is 9.79. The molecule has 3 heteroatoms. The van der Waals surface area contributed by atoms with Crippen LogP contribution in [0.4, 0.5) is 8.78 Å². The van der Waals surface area contributed by atoms with E-state index in [1.165, 1.54) is 12.1 Å². The fraction of sp³-hybridized carbons (Fsp3) is 0.286. The van der Waals surface area contributed by atoms with Crippen molar-refractivity contribution in [1.82, 2.24) is 0 Å². The molecule has 92 valence electrons. The first kappa shape index (κ1) is 13.4. The van der Waals surface area contributed by atoms with Gasteiger partial charge < -0.3 is 5.11 Å². The van der Waals surface area contributed by atoms with Gasteiger partial charge in [0.2, 0.25) is 0 Å². The molecule has 0 aliphatic carbocycles. The molecule has 0 atom stereocenters. The maximum absolute atomic E-state index is 13.2. The van der Waals surface area contributed by atoms with Crippen LogP contribution in [0.1, 0.15) is 25.3 Å². The van der Waals surface area contributed by atoms with Crippen LogP contribution in [-0.4, -0.2) is 5.11 Å². The average Bonchev–Trinajstić information content (AvgIpc) is 2.30. The summed E-state index contributed by atoms with van der Waals surface area (Å²) in [5, 5.41) is 9.23. The largest absolute Gasteiger partial charge is 0.505 e. The Morgan fingerprint density at radius 2 is 1.88 bits per heavy atom. The van der Waals surface area contributed by atoms with Crippen molar-refractivity contribution in [3.63, 3.8) is 0 Å². The van der Waals surface area contributed by atoms with Crippen LogP contribution in [0.2, 0.25) is 0 Å². The van der Waals surface area contributed by atoms with Gasteiger partial charge in [-0.25, -0.2) is 8.78 Å². The van der Waals surface area contributed by atoms with Crippen LogP contribution in [0.3, 0.4) is 0 Å². The molecule has 0 spiro atoms. The summed E-state index contributed by atoms with van der Waals surface area (Å²) in [6.45, 7) is 2.07. The molecule has 0 heterocycles. The minimum Gasteiger partial charge on any atom is -0.505 e. The second-order valence-electron chi connectivity index (χ2n) is 3.80.